The van der Waals surface area contributed by atoms with Gasteiger partial charge in [0.25, 0.3) is 5.91 Å². The van der Waals surface area contributed by atoms with Crippen LogP contribution in [0.3, 0.4) is 0 Å². The molecule has 1 amide bonds. The van der Waals surface area contributed by atoms with Crippen molar-refractivity contribution in [3.05, 3.63) is 58.9 Å². The van der Waals surface area contributed by atoms with Crippen LogP contribution in [0.25, 0.3) is 0 Å². The normalized spacial score (nSPS) is 10.2. The molecular weight excluding hydrogens is 268 g/mol. The lowest BCUT2D eigenvalue weighted by atomic mass is 10.1. The van der Waals surface area contributed by atoms with Crippen molar-refractivity contribution in [2.45, 2.75) is 20.3 Å². The predicted molar refractivity (Wildman–Crippen MR) is 79.7 cm³/mol. The smallest absolute Gasteiger partial charge is 0.338 e. The van der Waals surface area contributed by atoms with Crippen molar-refractivity contribution in [2.75, 3.05) is 5.32 Å². The maximum atomic E-state index is 12.3. The number of rotatable bonds is 4. The van der Waals surface area contributed by atoms with Crippen LogP contribution in [-0.4, -0.2) is 22.0 Å². The Morgan fingerprint density at radius 1 is 1.24 bits per heavy atom. The Labute approximate surface area is 122 Å². The second-order valence-electron chi connectivity index (χ2n) is 4.62. The molecule has 0 unspecified atom stereocenters. The molecular formula is C16H16N2O3. The molecule has 21 heavy (non-hydrogen) atoms. The summed E-state index contributed by atoms with van der Waals surface area (Å²) in [4.78, 5) is 27.4. The zero-order valence-corrected chi connectivity index (χ0v) is 11.9. The van der Waals surface area contributed by atoms with Crippen molar-refractivity contribution in [2.24, 2.45) is 0 Å². The van der Waals surface area contributed by atoms with Crippen molar-refractivity contribution in [3.8, 4) is 0 Å². The van der Waals surface area contributed by atoms with Gasteiger partial charge in [0.15, 0.2) is 0 Å². The monoisotopic (exact) mass is 284 g/mol. The SMILES string of the molecule is CCc1cccc(C)c1NC(=O)c1ncccc1C(=O)O. The zero-order chi connectivity index (χ0) is 15.4. The van der Waals surface area contributed by atoms with Crippen molar-refractivity contribution in [1.29, 1.82) is 0 Å². The van der Waals surface area contributed by atoms with Crippen molar-refractivity contribution in [1.82, 2.24) is 4.98 Å². The molecule has 1 aromatic heterocycles. The molecule has 0 saturated heterocycles. The standard InChI is InChI=1S/C16H16N2O3/c1-3-11-7-4-6-10(2)13(11)18-15(19)14-12(16(20)21)8-5-9-17-14/h4-9H,3H2,1-2H3,(H,18,19)(H,20,21). The second kappa shape index (κ2) is 6.17. The minimum Gasteiger partial charge on any atom is -0.478 e. The summed E-state index contributed by atoms with van der Waals surface area (Å²) >= 11 is 0. The van der Waals surface area contributed by atoms with Gasteiger partial charge in [-0.15, -0.1) is 0 Å². The number of para-hydroxylation sites is 1. The van der Waals surface area contributed by atoms with Crippen LogP contribution in [0.4, 0.5) is 5.69 Å². The summed E-state index contributed by atoms with van der Waals surface area (Å²) in [7, 11) is 0. The third-order valence-electron chi connectivity index (χ3n) is 3.23. The first-order valence-electron chi connectivity index (χ1n) is 6.62. The topological polar surface area (TPSA) is 79.3 Å². The van der Waals surface area contributed by atoms with Gasteiger partial charge in [0.2, 0.25) is 0 Å². The summed E-state index contributed by atoms with van der Waals surface area (Å²) in [6.07, 6.45) is 2.17. The van der Waals surface area contributed by atoms with Gasteiger partial charge < -0.3 is 10.4 Å². The number of nitrogens with one attached hydrogen (secondary N) is 1. The van der Waals surface area contributed by atoms with Crippen molar-refractivity contribution in [3.63, 3.8) is 0 Å². The van der Waals surface area contributed by atoms with E-state index in [1.807, 2.05) is 32.0 Å². The number of anilines is 1. The quantitative estimate of drug-likeness (QED) is 0.904. The number of carbonyl (C=O) groups excluding carboxylic acids is 1. The number of benzene rings is 1. The number of pyridine rings is 1. The molecule has 0 saturated carbocycles. The summed E-state index contributed by atoms with van der Waals surface area (Å²) < 4.78 is 0. The first kappa shape index (κ1) is 14.7. The lowest BCUT2D eigenvalue weighted by Crippen LogP contribution is -2.19. The van der Waals surface area contributed by atoms with Gasteiger partial charge in [0.1, 0.15) is 5.69 Å². The number of aryl methyl sites for hydroxylation is 2. The summed E-state index contributed by atoms with van der Waals surface area (Å²) in [5, 5.41) is 11.9. The molecule has 2 N–H and O–H groups in total. The first-order chi connectivity index (χ1) is 10.0. The molecule has 1 aromatic carbocycles. The third-order valence-corrected chi connectivity index (χ3v) is 3.23. The van der Waals surface area contributed by atoms with Crippen LogP contribution in [0.1, 0.15) is 38.9 Å². The van der Waals surface area contributed by atoms with Gasteiger partial charge in [-0.2, -0.15) is 0 Å². The Balaban J connectivity index is 2.38. The Hall–Kier alpha value is -2.69. The molecule has 0 aliphatic carbocycles. The molecule has 2 rings (SSSR count). The molecule has 0 bridgehead atoms. The largest absolute Gasteiger partial charge is 0.478 e. The molecule has 0 aliphatic heterocycles. The van der Waals surface area contributed by atoms with Gasteiger partial charge >= 0.3 is 5.97 Å². The second-order valence-corrected chi connectivity index (χ2v) is 4.62. The average Bonchev–Trinajstić information content (AvgIpc) is 2.49. The van der Waals surface area contributed by atoms with E-state index in [1.165, 1.54) is 18.3 Å². The van der Waals surface area contributed by atoms with E-state index < -0.39 is 11.9 Å². The fourth-order valence-corrected chi connectivity index (χ4v) is 2.13. The summed E-state index contributed by atoms with van der Waals surface area (Å²) in [6, 6.07) is 8.60. The molecule has 0 radical (unpaired) electrons. The number of carboxylic acids is 1. The van der Waals surface area contributed by atoms with E-state index in [2.05, 4.69) is 10.3 Å². The molecule has 0 spiro atoms. The number of carbonyl (C=O) groups is 2. The number of hydrogen-bond donors (Lipinski definition) is 2. The lowest BCUT2D eigenvalue weighted by molar-refractivity contribution is 0.0691. The van der Waals surface area contributed by atoms with Gasteiger partial charge in [0.05, 0.1) is 5.56 Å². The molecule has 2 aromatic rings. The molecule has 0 fully saturated rings. The highest BCUT2D eigenvalue weighted by Crippen LogP contribution is 2.22. The maximum absolute atomic E-state index is 12.3. The molecule has 108 valence electrons. The maximum Gasteiger partial charge on any atom is 0.338 e. The first-order valence-corrected chi connectivity index (χ1v) is 6.62. The fourth-order valence-electron chi connectivity index (χ4n) is 2.13. The van der Waals surface area contributed by atoms with Crippen LogP contribution >= 0.6 is 0 Å². The Morgan fingerprint density at radius 2 is 2.00 bits per heavy atom. The number of nitrogens with zero attached hydrogens (tertiary/aromatic N) is 1. The molecule has 5 nitrogen and oxygen atoms in total. The van der Waals surface area contributed by atoms with Gasteiger partial charge in [-0.1, -0.05) is 25.1 Å². The number of aromatic carboxylic acids is 1. The minimum absolute atomic E-state index is 0.0877. The minimum atomic E-state index is -1.17. The molecule has 1 heterocycles. The van der Waals surface area contributed by atoms with Crippen LogP contribution < -0.4 is 5.32 Å². The highest BCUT2D eigenvalue weighted by atomic mass is 16.4. The van der Waals surface area contributed by atoms with E-state index in [-0.39, 0.29) is 11.3 Å². The van der Waals surface area contributed by atoms with Crippen LogP contribution in [0.5, 0.6) is 0 Å². The van der Waals surface area contributed by atoms with Crippen molar-refractivity contribution >= 4 is 17.6 Å². The number of hydrogen-bond acceptors (Lipinski definition) is 3. The highest BCUT2D eigenvalue weighted by molar-refractivity contribution is 6.09. The summed E-state index contributed by atoms with van der Waals surface area (Å²) in [6.45, 7) is 3.89. The number of carboxylic acid groups (broad SMARTS) is 1. The van der Waals surface area contributed by atoms with E-state index in [4.69, 9.17) is 5.11 Å². The van der Waals surface area contributed by atoms with Crippen molar-refractivity contribution < 1.29 is 14.7 Å². The third kappa shape index (κ3) is 3.08. The van der Waals surface area contributed by atoms with Gasteiger partial charge in [0, 0.05) is 11.9 Å². The van der Waals surface area contributed by atoms with Crippen LogP contribution in [0.2, 0.25) is 0 Å². The number of aromatic nitrogens is 1. The van der Waals surface area contributed by atoms with E-state index >= 15 is 0 Å². The summed E-state index contributed by atoms with van der Waals surface area (Å²) in [5.74, 6) is -1.69. The highest BCUT2D eigenvalue weighted by Gasteiger charge is 2.19. The van der Waals surface area contributed by atoms with Gasteiger partial charge in [-0.05, 0) is 36.6 Å². The molecule has 0 aliphatic rings. The average molecular weight is 284 g/mol. The molecule has 0 atom stereocenters. The van der Waals surface area contributed by atoms with Crippen LogP contribution in [-0.2, 0) is 6.42 Å². The van der Waals surface area contributed by atoms with Crippen LogP contribution in [0, 0.1) is 6.92 Å². The van der Waals surface area contributed by atoms with E-state index in [9.17, 15) is 9.59 Å². The Kier molecular flexibility index (Phi) is 4.33. The zero-order valence-electron chi connectivity index (χ0n) is 11.9. The Bertz CT molecular complexity index is 696. The van der Waals surface area contributed by atoms with Gasteiger partial charge in [-0.25, -0.2) is 4.79 Å². The Morgan fingerprint density at radius 3 is 2.67 bits per heavy atom. The van der Waals surface area contributed by atoms with E-state index in [0.717, 1.165) is 17.5 Å². The van der Waals surface area contributed by atoms with Crippen LogP contribution in [0.15, 0.2) is 36.5 Å². The lowest BCUT2D eigenvalue weighted by Gasteiger charge is -2.13. The van der Waals surface area contributed by atoms with Gasteiger partial charge in [-0.3, -0.25) is 9.78 Å². The summed E-state index contributed by atoms with van der Waals surface area (Å²) in [5.41, 5.74) is 2.44. The predicted octanol–water partition coefficient (Wildman–Crippen LogP) is 2.90. The fraction of sp³-hybridized carbons (Fsp3) is 0.188. The van der Waals surface area contributed by atoms with E-state index in [0.29, 0.717) is 5.69 Å². The molecule has 5 heteroatoms. The van der Waals surface area contributed by atoms with E-state index in [1.54, 1.807) is 0 Å². The number of amides is 1.